The number of benzene rings is 1. The lowest BCUT2D eigenvalue weighted by molar-refractivity contribution is -0.128. The zero-order valence-corrected chi connectivity index (χ0v) is 10.5. The molecular formula is C11H15NO4S. The van der Waals surface area contributed by atoms with E-state index < -0.39 is 21.9 Å². The summed E-state index contributed by atoms with van der Waals surface area (Å²) in [5.74, 6) is -1.15. The molecule has 1 N–H and O–H groups in total. The summed E-state index contributed by atoms with van der Waals surface area (Å²) in [6.45, 7) is 3.11. The van der Waals surface area contributed by atoms with Crippen LogP contribution in [0.5, 0.6) is 0 Å². The third-order valence-corrected chi connectivity index (χ3v) is 3.36. The van der Waals surface area contributed by atoms with E-state index in [1.807, 2.05) is 23.7 Å². The fourth-order valence-electron chi connectivity index (χ4n) is 1.14. The molecule has 0 saturated carbocycles. The first kappa shape index (κ1) is 13.7. The van der Waals surface area contributed by atoms with Gasteiger partial charge in [-0.25, -0.2) is 5.48 Å². The first-order chi connectivity index (χ1) is 7.96. The zero-order valence-electron chi connectivity index (χ0n) is 9.71. The molecule has 0 bridgehead atoms. The first-order valence-electron chi connectivity index (χ1n) is 5.22. The van der Waals surface area contributed by atoms with E-state index in [-0.39, 0.29) is 5.75 Å². The molecule has 0 spiro atoms. The van der Waals surface area contributed by atoms with Crippen molar-refractivity contribution in [2.24, 2.45) is 0 Å². The molecule has 0 fully saturated rings. The van der Waals surface area contributed by atoms with Gasteiger partial charge in [-0.1, -0.05) is 30.3 Å². The van der Waals surface area contributed by atoms with Crippen molar-refractivity contribution in [2.75, 3.05) is 5.75 Å². The second kappa shape index (κ2) is 5.79. The molecule has 1 unspecified atom stereocenters. The van der Waals surface area contributed by atoms with Crippen LogP contribution in [-0.2, 0) is 19.2 Å². The van der Waals surface area contributed by atoms with Crippen molar-refractivity contribution in [1.82, 2.24) is 5.48 Å². The van der Waals surface area contributed by atoms with Crippen molar-refractivity contribution in [3.63, 3.8) is 0 Å². The molecule has 1 amide bonds. The lowest BCUT2D eigenvalue weighted by Crippen LogP contribution is -2.31. The standard InChI is InChI=1S/C11H15NO4S/c1-3-17(14,15)16-12-11(13)9(2)10-7-5-4-6-8-10/h4-9H,3H2,1-2H3,(H,12,13). The number of carbonyl (C=O) groups excluding carboxylic acids is 1. The number of rotatable bonds is 5. The van der Waals surface area contributed by atoms with Crippen molar-refractivity contribution in [1.29, 1.82) is 0 Å². The van der Waals surface area contributed by atoms with Gasteiger partial charge in [0.2, 0.25) is 0 Å². The highest BCUT2D eigenvalue weighted by Gasteiger charge is 2.17. The average Bonchev–Trinajstić information content (AvgIpc) is 2.36. The molecule has 0 radical (unpaired) electrons. The van der Waals surface area contributed by atoms with Gasteiger partial charge in [0, 0.05) is 0 Å². The van der Waals surface area contributed by atoms with E-state index in [9.17, 15) is 13.2 Å². The molecule has 1 aromatic carbocycles. The van der Waals surface area contributed by atoms with Crippen LogP contribution < -0.4 is 5.48 Å². The molecule has 1 aromatic rings. The van der Waals surface area contributed by atoms with Crippen LogP contribution in [0.25, 0.3) is 0 Å². The fraction of sp³-hybridized carbons (Fsp3) is 0.364. The summed E-state index contributed by atoms with van der Waals surface area (Å²) in [4.78, 5) is 11.6. The minimum absolute atomic E-state index is 0.188. The van der Waals surface area contributed by atoms with Crippen molar-refractivity contribution in [3.05, 3.63) is 35.9 Å². The summed E-state index contributed by atoms with van der Waals surface area (Å²) >= 11 is 0. The number of hydrogen-bond acceptors (Lipinski definition) is 4. The maximum Gasteiger partial charge on any atom is 0.287 e. The van der Waals surface area contributed by atoms with Gasteiger partial charge in [0.25, 0.3) is 16.0 Å². The number of nitrogens with one attached hydrogen (secondary N) is 1. The maximum absolute atomic E-state index is 11.6. The van der Waals surface area contributed by atoms with E-state index in [2.05, 4.69) is 4.28 Å². The molecule has 0 aliphatic heterocycles. The maximum atomic E-state index is 11.6. The third kappa shape index (κ3) is 4.16. The van der Waals surface area contributed by atoms with E-state index >= 15 is 0 Å². The van der Waals surface area contributed by atoms with Crippen LogP contribution in [0.1, 0.15) is 25.3 Å². The van der Waals surface area contributed by atoms with Gasteiger partial charge in [0.05, 0.1) is 11.7 Å². The molecule has 0 aliphatic rings. The number of carbonyl (C=O) groups is 1. The van der Waals surface area contributed by atoms with Crippen molar-refractivity contribution < 1.29 is 17.5 Å². The van der Waals surface area contributed by atoms with Crippen molar-refractivity contribution >= 4 is 16.0 Å². The number of hydroxylamine groups is 1. The van der Waals surface area contributed by atoms with Crippen molar-refractivity contribution in [2.45, 2.75) is 19.8 Å². The summed E-state index contributed by atoms with van der Waals surface area (Å²) in [6.07, 6.45) is 0. The molecular weight excluding hydrogens is 242 g/mol. The number of amides is 1. The van der Waals surface area contributed by atoms with Gasteiger partial charge in [-0.15, -0.1) is 4.28 Å². The Kier molecular flexibility index (Phi) is 4.65. The average molecular weight is 257 g/mol. The summed E-state index contributed by atoms with van der Waals surface area (Å²) in [6, 6.07) is 9.04. The molecule has 0 aliphatic carbocycles. The van der Waals surface area contributed by atoms with Crippen molar-refractivity contribution in [3.8, 4) is 0 Å². The van der Waals surface area contributed by atoms with E-state index in [4.69, 9.17) is 0 Å². The van der Waals surface area contributed by atoms with Gasteiger partial charge in [-0.05, 0) is 19.4 Å². The summed E-state index contributed by atoms with van der Waals surface area (Å²) in [7, 11) is -3.66. The van der Waals surface area contributed by atoms with Crippen LogP contribution >= 0.6 is 0 Å². The summed E-state index contributed by atoms with van der Waals surface area (Å²) < 4.78 is 26.4. The van der Waals surface area contributed by atoms with Gasteiger partial charge >= 0.3 is 0 Å². The minimum atomic E-state index is -3.66. The third-order valence-electron chi connectivity index (χ3n) is 2.32. The molecule has 0 saturated heterocycles. The van der Waals surface area contributed by atoms with E-state index in [1.165, 1.54) is 6.92 Å². The minimum Gasteiger partial charge on any atom is -0.272 e. The Hall–Kier alpha value is -1.40. The van der Waals surface area contributed by atoms with Crippen LogP contribution in [0.15, 0.2) is 30.3 Å². The van der Waals surface area contributed by atoms with Crippen LogP contribution in [0, 0.1) is 0 Å². The molecule has 0 heterocycles. The highest BCUT2D eigenvalue weighted by Crippen LogP contribution is 2.14. The quantitative estimate of drug-likeness (QED) is 0.804. The Morgan fingerprint density at radius 3 is 2.47 bits per heavy atom. The van der Waals surface area contributed by atoms with Gasteiger partial charge in [-0.3, -0.25) is 4.79 Å². The topological polar surface area (TPSA) is 72.5 Å². The highest BCUT2D eigenvalue weighted by molar-refractivity contribution is 7.86. The van der Waals surface area contributed by atoms with Gasteiger partial charge < -0.3 is 0 Å². The Morgan fingerprint density at radius 2 is 1.94 bits per heavy atom. The molecule has 5 nitrogen and oxygen atoms in total. The Labute approximate surface area is 101 Å². The second-order valence-corrected chi connectivity index (χ2v) is 5.39. The van der Waals surface area contributed by atoms with Crippen LogP contribution in [0.3, 0.4) is 0 Å². The first-order valence-corrected chi connectivity index (χ1v) is 6.80. The van der Waals surface area contributed by atoms with Crippen LogP contribution in [-0.4, -0.2) is 20.1 Å². The predicted molar refractivity (Wildman–Crippen MR) is 63.5 cm³/mol. The summed E-state index contributed by atoms with van der Waals surface area (Å²) in [5.41, 5.74) is 2.74. The second-order valence-electron chi connectivity index (χ2n) is 3.53. The summed E-state index contributed by atoms with van der Waals surface area (Å²) in [5, 5.41) is 0. The smallest absolute Gasteiger partial charge is 0.272 e. The van der Waals surface area contributed by atoms with Crippen LogP contribution in [0.4, 0.5) is 0 Å². The van der Waals surface area contributed by atoms with E-state index in [0.717, 1.165) is 5.56 Å². The Morgan fingerprint density at radius 1 is 1.35 bits per heavy atom. The molecule has 17 heavy (non-hydrogen) atoms. The Balaban J connectivity index is 2.60. The normalized spacial score (nSPS) is 13.1. The van der Waals surface area contributed by atoms with Gasteiger partial charge in [0.15, 0.2) is 0 Å². The van der Waals surface area contributed by atoms with Gasteiger partial charge in [-0.2, -0.15) is 8.42 Å². The largest absolute Gasteiger partial charge is 0.287 e. The molecule has 94 valence electrons. The molecule has 6 heteroatoms. The SMILES string of the molecule is CCS(=O)(=O)ONC(=O)C(C)c1ccccc1. The van der Waals surface area contributed by atoms with Crippen LogP contribution in [0.2, 0.25) is 0 Å². The number of hydrogen-bond donors (Lipinski definition) is 1. The predicted octanol–water partition coefficient (Wildman–Crippen LogP) is 1.19. The zero-order chi connectivity index (χ0) is 12.9. The monoisotopic (exact) mass is 257 g/mol. The lowest BCUT2D eigenvalue weighted by atomic mass is 10.0. The Bertz CT molecular complexity index is 470. The molecule has 1 atom stereocenters. The fourth-order valence-corrected chi connectivity index (χ4v) is 1.47. The van der Waals surface area contributed by atoms with E-state index in [0.29, 0.717) is 0 Å². The van der Waals surface area contributed by atoms with E-state index in [1.54, 1.807) is 19.1 Å². The molecule has 1 rings (SSSR count). The molecule has 0 aromatic heterocycles. The van der Waals surface area contributed by atoms with Gasteiger partial charge in [0.1, 0.15) is 0 Å². The lowest BCUT2D eigenvalue weighted by Gasteiger charge is -2.11. The highest BCUT2D eigenvalue weighted by atomic mass is 32.2.